The van der Waals surface area contributed by atoms with Crippen molar-refractivity contribution in [1.29, 1.82) is 0 Å². The SMILES string of the molecule is COC(=O)c1ccccc1[C@@H]1N=C(N)Nc2nc3cc4c(cc3n21)OCCCO4. The molecule has 0 saturated heterocycles. The molecule has 0 unspecified atom stereocenters. The van der Waals surface area contributed by atoms with Crippen LogP contribution in [-0.4, -0.2) is 41.8 Å². The molecule has 148 valence electrons. The number of nitrogens with one attached hydrogen (secondary N) is 1. The minimum absolute atomic E-state index is 0.214. The predicted octanol–water partition coefficient (Wildman–Crippen LogP) is 2.27. The fraction of sp³-hybridized carbons (Fsp3) is 0.250. The third-order valence-electron chi connectivity index (χ3n) is 4.95. The maximum Gasteiger partial charge on any atom is 0.338 e. The number of fused-ring (bicyclic) bond motifs is 4. The standard InChI is InChI=1S/C20H19N5O4/c1-27-18(26)12-6-3-2-5-11(12)17-23-19(21)24-20-22-13-9-15-16(10-14(13)25(17)20)29-8-4-7-28-15/h2-3,5-6,9-10,17H,4,7-8H2,1H3,(H3,21,22,23,24)/t17-/m1/s1. The van der Waals surface area contributed by atoms with E-state index in [1.54, 1.807) is 12.1 Å². The second-order valence-corrected chi connectivity index (χ2v) is 6.74. The Labute approximate surface area is 166 Å². The highest BCUT2D eigenvalue weighted by Gasteiger charge is 2.29. The van der Waals surface area contributed by atoms with Gasteiger partial charge in [0.2, 0.25) is 5.95 Å². The molecule has 1 aromatic heterocycles. The van der Waals surface area contributed by atoms with E-state index in [-0.39, 0.29) is 5.96 Å². The number of nitrogens with zero attached hydrogens (tertiary/aromatic N) is 3. The van der Waals surface area contributed by atoms with Crippen molar-refractivity contribution in [3.63, 3.8) is 0 Å². The monoisotopic (exact) mass is 393 g/mol. The molecule has 2 aromatic carbocycles. The number of carbonyl (C=O) groups is 1. The van der Waals surface area contributed by atoms with E-state index in [1.807, 2.05) is 28.8 Å². The maximum atomic E-state index is 12.3. The van der Waals surface area contributed by atoms with E-state index in [9.17, 15) is 4.79 Å². The summed E-state index contributed by atoms with van der Waals surface area (Å²) in [6.45, 7) is 1.17. The van der Waals surface area contributed by atoms with Crippen LogP contribution in [0.3, 0.4) is 0 Å². The van der Waals surface area contributed by atoms with Crippen molar-refractivity contribution < 1.29 is 19.0 Å². The number of rotatable bonds is 2. The van der Waals surface area contributed by atoms with Crippen LogP contribution < -0.4 is 20.5 Å². The second kappa shape index (κ2) is 6.69. The summed E-state index contributed by atoms with van der Waals surface area (Å²) in [5.74, 6) is 1.61. The van der Waals surface area contributed by atoms with E-state index in [0.717, 1.165) is 11.9 Å². The number of hydrogen-bond donors (Lipinski definition) is 2. The quantitative estimate of drug-likeness (QED) is 0.642. The van der Waals surface area contributed by atoms with Crippen molar-refractivity contribution in [2.24, 2.45) is 10.7 Å². The summed E-state index contributed by atoms with van der Waals surface area (Å²) >= 11 is 0. The minimum atomic E-state index is -0.587. The molecule has 3 heterocycles. The van der Waals surface area contributed by atoms with Crippen LogP contribution in [0.4, 0.5) is 5.95 Å². The van der Waals surface area contributed by atoms with Crippen molar-refractivity contribution in [1.82, 2.24) is 9.55 Å². The summed E-state index contributed by atoms with van der Waals surface area (Å²) in [5.41, 5.74) is 8.60. The summed E-state index contributed by atoms with van der Waals surface area (Å²) in [6, 6.07) is 10.9. The van der Waals surface area contributed by atoms with E-state index in [4.69, 9.17) is 19.9 Å². The molecule has 0 spiro atoms. The van der Waals surface area contributed by atoms with Gasteiger partial charge in [-0.1, -0.05) is 18.2 Å². The number of ether oxygens (including phenoxy) is 3. The smallest absolute Gasteiger partial charge is 0.338 e. The van der Waals surface area contributed by atoms with Crippen LogP contribution in [0.2, 0.25) is 0 Å². The second-order valence-electron chi connectivity index (χ2n) is 6.74. The van der Waals surface area contributed by atoms with Gasteiger partial charge in [-0.05, 0) is 6.07 Å². The third kappa shape index (κ3) is 2.82. The highest BCUT2D eigenvalue weighted by molar-refractivity contribution is 5.96. The van der Waals surface area contributed by atoms with Gasteiger partial charge in [-0.2, -0.15) is 0 Å². The molecular formula is C20H19N5O4. The Morgan fingerprint density at radius 2 is 2.00 bits per heavy atom. The molecule has 9 heteroatoms. The van der Waals surface area contributed by atoms with E-state index >= 15 is 0 Å². The number of esters is 1. The topological polar surface area (TPSA) is 113 Å². The van der Waals surface area contributed by atoms with Gasteiger partial charge in [-0.25, -0.2) is 14.8 Å². The lowest BCUT2D eigenvalue weighted by atomic mass is 10.0. The first-order chi connectivity index (χ1) is 14.2. The fourth-order valence-electron chi connectivity index (χ4n) is 3.65. The molecule has 0 aliphatic carbocycles. The molecule has 0 radical (unpaired) electrons. The van der Waals surface area contributed by atoms with Crippen LogP contribution in [-0.2, 0) is 4.74 Å². The number of nitrogens with two attached hydrogens (primary N) is 1. The molecule has 3 aromatic rings. The number of benzene rings is 2. The molecular weight excluding hydrogens is 374 g/mol. The Bertz CT molecular complexity index is 1150. The Morgan fingerprint density at radius 3 is 2.79 bits per heavy atom. The van der Waals surface area contributed by atoms with Crippen molar-refractivity contribution >= 4 is 28.9 Å². The Hall–Kier alpha value is -3.75. The molecule has 0 bridgehead atoms. The number of imidazole rings is 1. The molecule has 29 heavy (non-hydrogen) atoms. The van der Waals surface area contributed by atoms with Crippen molar-refractivity contribution in [3.8, 4) is 11.5 Å². The average molecular weight is 393 g/mol. The molecule has 3 N–H and O–H groups in total. The van der Waals surface area contributed by atoms with Crippen molar-refractivity contribution in [3.05, 3.63) is 47.5 Å². The van der Waals surface area contributed by atoms with Crippen LogP contribution >= 0.6 is 0 Å². The summed E-state index contributed by atoms with van der Waals surface area (Å²) < 4.78 is 18.4. The summed E-state index contributed by atoms with van der Waals surface area (Å²) in [7, 11) is 1.35. The maximum absolute atomic E-state index is 12.3. The molecule has 0 amide bonds. The number of anilines is 1. The zero-order valence-electron chi connectivity index (χ0n) is 15.7. The first kappa shape index (κ1) is 17.4. The van der Waals surface area contributed by atoms with Crippen LogP contribution in [0, 0.1) is 0 Å². The highest BCUT2D eigenvalue weighted by atomic mass is 16.5. The van der Waals surface area contributed by atoms with Gasteiger partial charge in [0.15, 0.2) is 23.6 Å². The van der Waals surface area contributed by atoms with Gasteiger partial charge in [0.25, 0.3) is 0 Å². The summed E-state index contributed by atoms with van der Waals surface area (Å²) in [5, 5.41) is 3.00. The van der Waals surface area contributed by atoms with Gasteiger partial charge in [-0.3, -0.25) is 9.88 Å². The zero-order valence-corrected chi connectivity index (χ0v) is 15.7. The Morgan fingerprint density at radius 1 is 1.24 bits per heavy atom. The van der Waals surface area contributed by atoms with Crippen LogP contribution in [0.15, 0.2) is 41.4 Å². The lowest BCUT2D eigenvalue weighted by molar-refractivity contribution is 0.0598. The normalized spacial score (nSPS) is 17.7. The number of carbonyl (C=O) groups excluding carboxylic acids is 1. The molecule has 0 fully saturated rings. The lowest BCUT2D eigenvalue weighted by Crippen LogP contribution is -2.32. The van der Waals surface area contributed by atoms with Crippen LogP contribution in [0.1, 0.15) is 28.5 Å². The summed E-state index contributed by atoms with van der Waals surface area (Å²) in [4.78, 5) is 21.5. The largest absolute Gasteiger partial charge is 0.489 e. The predicted molar refractivity (Wildman–Crippen MR) is 107 cm³/mol. The number of hydrogen-bond acceptors (Lipinski definition) is 8. The first-order valence-electron chi connectivity index (χ1n) is 9.25. The molecule has 0 saturated carbocycles. The Balaban J connectivity index is 1.72. The van der Waals surface area contributed by atoms with E-state index in [1.165, 1.54) is 7.11 Å². The van der Waals surface area contributed by atoms with Gasteiger partial charge in [0, 0.05) is 24.1 Å². The van der Waals surface area contributed by atoms with Gasteiger partial charge >= 0.3 is 5.97 Å². The number of methoxy groups -OCH3 is 1. The van der Waals surface area contributed by atoms with Gasteiger partial charge in [0.05, 0.1) is 36.9 Å². The van der Waals surface area contributed by atoms with Crippen molar-refractivity contribution in [2.75, 3.05) is 25.6 Å². The highest BCUT2D eigenvalue weighted by Crippen LogP contribution is 2.39. The van der Waals surface area contributed by atoms with E-state index in [2.05, 4.69) is 15.3 Å². The molecule has 9 nitrogen and oxygen atoms in total. The number of aliphatic imine (C=N–C) groups is 1. The van der Waals surface area contributed by atoms with Crippen LogP contribution in [0.25, 0.3) is 11.0 Å². The van der Waals surface area contributed by atoms with Crippen LogP contribution in [0.5, 0.6) is 11.5 Å². The number of aromatic nitrogens is 2. The molecule has 2 aliphatic heterocycles. The summed E-state index contributed by atoms with van der Waals surface area (Å²) in [6.07, 6.45) is 0.228. The molecule has 2 aliphatic rings. The zero-order chi connectivity index (χ0) is 20.0. The van der Waals surface area contributed by atoms with Crippen molar-refractivity contribution in [2.45, 2.75) is 12.6 Å². The van der Waals surface area contributed by atoms with E-state index in [0.29, 0.717) is 47.3 Å². The van der Waals surface area contributed by atoms with Gasteiger partial charge in [0.1, 0.15) is 0 Å². The first-order valence-corrected chi connectivity index (χ1v) is 9.25. The van der Waals surface area contributed by atoms with Gasteiger partial charge in [-0.15, -0.1) is 0 Å². The number of guanidine groups is 1. The van der Waals surface area contributed by atoms with Gasteiger partial charge < -0.3 is 19.9 Å². The molecule has 5 rings (SSSR count). The molecule has 1 atom stereocenters. The Kier molecular flexibility index (Phi) is 4.01. The fourth-order valence-corrected chi connectivity index (χ4v) is 3.65. The van der Waals surface area contributed by atoms with E-state index < -0.39 is 12.1 Å². The minimum Gasteiger partial charge on any atom is -0.489 e. The lowest BCUT2D eigenvalue weighted by Gasteiger charge is -2.25. The average Bonchev–Trinajstić information content (AvgIpc) is 2.92. The third-order valence-corrected chi connectivity index (χ3v) is 4.95.